The molecule has 10 atom stereocenters. The molecule has 6 heterocycles. The average molecular weight is 1630 g/mol. The molecule has 0 spiro atoms. The number of aliphatic carboxylic acids is 1. The smallest absolute Gasteiger partial charge is 0.306 e. The first-order chi connectivity index (χ1) is 55.2. The summed E-state index contributed by atoms with van der Waals surface area (Å²) < 4.78 is 17.9. The lowest BCUT2D eigenvalue weighted by molar-refractivity contribution is -0.142. The maximum absolute atomic E-state index is 14.8. The lowest BCUT2D eigenvalue weighted by atomic mass is 9.92. The summed E-state index contributed by atoms with van der Waals surface area (Å²) in [7, 11) is 0. The quantitative estimate of drug-likeness (QED) is 0.00978. The summed E-state index contributed by atoms with van der Waals surface area (Å²) in [5.74, 6) is -9.12. The molecular formula is C71H102N24O21. The number of primary amides is 1. The Morgan fingerprint density at radius 3 is 2.10 bits per heavy atom. The number of carbonyl (C=O) groups excluding carboxylic acids is 12. The zero-order valence-electron chi connectivity index (χ0n) is 63.2. The summed E-state index contributed by atoms with van der Waals surface area (Å²) in [5.41, 5.74) is 12.3. The number of nitrogens with two attached hydrogens (primary N) is 3. The minimum atomic E-state index is -1.76. The van der Waals surface area contributed by atoms with E-state index in [9.17, 15) is 82.4 Å². The van der Waals surface area contributed by atoms with Gasteiger partial charge < -0.3 is 104 Å². The predicted molar refractivity (Wildman–Crippen MR) is 407 cm³/mol. The maximum Gasteiger partial charge on any atom is 0.306 e. The van der Waals surface area contributed by atoms with E-state index in [1.54, 1.807) is 12.1 Å². The van der Waals surface area contributed by atoms with Crippen LogP contribution in [-0.2, 0) is 109 Å². The third kappa shape index (κ3) is 31.3. The molecule has 22 N–H and O–H groups in total. The molecule has 10 amide bonds. The fourth-order valence-electron chi connectivity index (χ4n) is 11.7. The van der Waals surface area contributed by atoms with E-state index in [0.717, 1.165) is 0 Å². The van der Waals surface area contributed by atoms with Crippen LogP contribution in [0.4, 0.5) is 11.6 Å². The van der Waals surface area contributed by atoms with Gasteiger partial charge in [0.2, 0.25) is 65.0 Å². The monoisotopic (exact) mass is 1630 g/mol. The van der Waals surface area contributed by atoms with Crippen LogP contribution in [0.1, 0.15) is 119 Å². The number of ether oxygens (including phenoxy) is 3. The number of carbonyl (C=O) groups is 13. The summed E-state index contributed by atoms with van der Waals surface area (Å²) in [6.45, 7) is 1.40. The van der Waals surface area contributed by atoms with Crippen LogP contribution in [-0.4, -0.2) is 261 Å². The maximum atomic E-state index is 14.8. The molecule has 45 nitrogen and oxygen atoms in total. The number of amides is 10. The second-order valence-corrected chi connectivity index (χ2v) is 26.9. The van der Waals surface area contributed by atoms with E-state index in [1.165, 1.54) is 68.1 Å². The number of nitrogen functional groups attached to an aromatic ring is 1. The second-order valence-electron chi connectivity index (χ2n) is 26.9. The standard InChI is InChI=1S/C70H98N24O21.CH4/c1-38-62(103)86-49(64(105)77-16-18-112-19-20-113-21-22-114-34-57(101)84-48(60(71)102)7-3-5-15-76-56(100)35-115-73)8-4-6-17-94-32-46(92-93-94)27-50(85-55(99)14-11-41(69(110)111)24-53(97)40-9-12-43(13-10-40)78-30-47-31-79-61-59(83-47)68(109)91-70(72)90-61)65(106)87-51(26-45-29-75-37-81-45)66(107)88-52(33-95)54(98)25-42(23-44-28-74-36-80-44)63(104)89-58(39(2)96)67(108)82-38;/h9-10,12-13,28-29,31-32,36-39,41-42,48-52,58,78,95-96H,3-8,11,14-27,30,33-35,73H2,1-2H3,(H2,71,102)(H,74,80)(H,75,81)(H,76,100)(H,77,105)(H,82,108)(H,84,101)(H,85,99)(H,86,103)(H,87,106)(H,88,107)(H,89,104)(H,110,111)(H3,72,79,90,91,109);1H4/t38-,39+,41-,42+,48+,49+,50+,51-,52-,58-;/m1./s1. The number of fused-ring (bicyclic) bond motifs is 3. The van der Waals surface area contributed by atoms with Crippen molar-refractivity contribution in [1.82, 2.24) is 103 Å². The number of anilines is 2. The van der Waals surface area contributed by atoms with Crippen LogP contribution in [0.3, 0.4) is 0 Å². The van der Waals surface area contributed by atoms with Gasteiger partial charge in [-0.25, -0.2) is 25.8 Å². The van der Waals surface area contributed by atoms with Gasteiger partial charge in [-0.05, 0) is 83.1 Å². The van der Waals surface area contributed by atoms with Crippen molar-refractivity contribution in [1.29, 1.82) is 0 Å². The molecule has 5 aromatic heterocycles. The van der Waals surface area contributed by atoms with Crippen molar-refractivity contribution in [2.45, 2.75) is 166 Å². The van der Waals surface area contributed by atoms with E-state index in [2.05, 4.69) is 108 Å². The topological polar surface area (TPSA) is 677 Å². The molecule has 1 aromatic carbocycles. The zero-order valence-corrected chi connectivity index (χ0v) is 63.2. The average Bonchev–Trinajstić information content (AvgIpc) is 1.05. The van der Waals surface area contributed by atoms with E-state index < -0.39 is 188 Å². The molecule has 0 fully saturated rings. The van der Waals surface area contributed by atoms with Gasteiger partial charge in [0.05, 0.1) is 94.4 Å². The number of nitrogens with one attached hydrogen (secondary N) is 13. The molecule has 1 aliphatic heterocycles. The summed E-state index contributed by atoms with van der Waals surface area (Å²) in [5, 5.41) is 66.5. The van der Waals surface area contributed by atoms with Gasteiger partial charge in [0.25, 0.3) is 5.56 Å². The van der Waals surface area contributed by atoms with Crippen molar-refractivity contribution in [3.8, 4) is 0 Å². The number of carboxylic acid groups (broad SMARTS) is 1. The molecule has 45 heteroatoms. The number of rotatable bonds is 38. The predicted octanol–water partition coefficient (Wildman–Crippen LogP) is -5.26. The molecule has 0 unspecified atom stereocenters. The largest absolute Gasteiger partial charge is 0.481 e. The Balaban J connectivity index is 0.0000209. The molecule has 0 radical (unpaired) electrons. The van der Waals surface area contributed by atoms with Crippen LogP contribution in [0, 0.1) is 11.8 Å². The number of hydrogen-bond acceptors (Lipinski definition) is 30. The van der Waals surface area contributed by atoms with Crippen molar-refractivity contribution < 1.29 is 96.7 Å². The van der Waals surface area contributed by atoms with Crippen molar-refractivity contribution in [3.05, 3.63) is 100 Å². The fraction of sp³-hybridized carbons (Fsp3) is 0.535. The number of aromatic nitrogens is 11. The Morgan fingerprint density at radius 2 is 1.43 bits per heavy atom. The van der Waals surface area contributed by atoms with Crippen LogP contribution >= 0.6 is 0 Å². The Kier molecular flexibility index (Phi) is 38.5. The first-order valence-corrected chi connectivity index (χ1v) is 36.9. The minimum absolute atomic E-state index is 0. The zero-order chi connectivity index (χ0) is 83.3. The van der Waals surface area contributed by atoms with Gasteiger partial charge >= 0.3 is 5.97 Å². The number of Topliss-reactive ketones (excluding diaryl/α,β-unsaturated/α-hetero) is 2. The first kappa shape index (κ1) is 92.7. The number of imidazole rings is 2. The number of aliphatic hydroxyl groups is 2. The van der Waals surface area contributed by atoms with Crippen molar-refractivity contribution in [2.24, 2.45) is 23.5 Å². The molecule has 0 saturated heterocycles. The van der Waals surface area contributed by atoms with E-state index in [4.69, 9.17) is 31.6 Å². The highest BCUT2D eigenvalue weighted by molar-refractivity contribution is 6.00. The lowest BCUT2D eigenvalue weighted by Crippen LogP contribution is -2.59. The molecule has 6 aromatic rings. The summed E-state index contributed by atoms with van der Waals surface area (Å²) in [6, 6.07) is -4.27. The first-order valence-electron chi connectivity index (χ1n) is 36.9. The number of H-pyrrole nitrogens is 3. The number of nitrogens with zero attached hydrogens (tertiary/aromatic N) is 8. The van der Waals surface area contributed by atoms with Crippen LogP contribution < -0.4 is 76.1 Å². The highest BCUT2D eigenvalue weighted by Crippen LogP contribution is 2.21. The number of ketones is 2. The number of aryl methyl sites for hydroxylation is 1. The van der Waals surface area contributed by atoms with Crippen LogP contribution in [0.25, 0.3) is 11.2 Å². The van der Waals surface area contributed by atoms with Crippen molar-refractivity contribution >= 4 is 99.4 Å². The van der Waals surface area contributed by atoms with E-state index >= 15 is 0 Å². The third-order valence-electron chi connectivity index (χ3n) is 17.9. The number of unbranched alkanes of at least 4 members (excludes halogenated alkanes) is 1. The molecule has 0 saturated carbocycles. The number of benzene rings is 1. The number of carboxylic acids is 1. The van der Waals surface area contributed by atoms with Gasteiger partial charge in [0.1, 0.15) is 55.5 Å². The molecular weight excluding hydrogens is 1520 g/mol. The van der Waals surface area contributed by atoms with Gasteiger partial charge in [-0.2, -0.15) is 4.98 Å². The van der Waals surface area contributed by atoms with Gasteiger partial charge in [-0.15, -0.1) is 5.10 Å². The van der Waals surface area contributed by atoms with Crippen molar-refractivity contribution in [2.75, 3.05) is 77.0 Å². The van der Waals surface area contributed by atoms with E-state index in [-0.39, 0.29) is 134 Å². The minimum Gasteiger partial charge on any atom is -0.481 e. The molecule has 632 valence electrons. The second kappa shape index (κ2) is 48.1. The third-order valence-corrected chi connectivity index (χ3v) is 17.9. The lowest BCUT2D eigenvalue weighted by Gasteiger charge is -2.27. The SMILES string of the molecule is C.C[C@H](O)[C@H]1NC(=O)[C@@H](Cc2cnc[nH]2)CC(=O)[C@@H](CO)NC(=O)[C@@H](Cc2cnc[nH]2)NC(=O)[C@@H](NC(=O)CC[C@H](CC(=O)c2ccc(NCc3cnc4nc(N)[nH]c(=O)c4n3)cc2)C(=O)O)Cc2cn(nn2)CCCC[C@@H](C(=O)NCCOCCOCCOCC(=O)N[C@@H](CCCCNC(=O)CON)C(N)=O)NC(=O)[C@@H](C)NC1=O. The number of aliphatic hydroxyl groups excluding tert-OH is 2. The summed E-state index contributed by atoms with van der Waals surface area (Å²) in [6.07, 6.45) is 5.02. The van der Waals surface area contributed by atoms with Gasteiger partial charge in [0.15, 0.2) is 22.7 Å². The molecule has 116 heavy (non-hydrogen) atoms. The Hall–Kier alpha value is -12.2. The van der Waals surface area contributed by atoms with E-state index in [1.807, 2.05) is 0 Å². The number of hydrogen-bond donors (Lipinski definition) is 19. The number of aromatic amines is 3. The molecule has 7 rings (SSSR count). The summed E-state index contributed by atoms with van der Waals surface area (Å²) >= 11 is 0. The summed E-state index contributed by atoms with van der Waals surface area (Å²) in [4.78, 5) is 221. The Morgan fingerprint density at radius 1 is 0.733 bits per heavy atom. The molecule has 0 aliphatic carbocycles. The Labute approximate surface area is 663 Å². The van der Waals surface area contributed by atoms with Crippen LogP contribution in [0.5, 0.6) is 0 Å². The van der Waals surface area contributed by atoms with Gasteiger partial charge in [-0.1, -0.05) is 12.6 Å². The normalized spacial score (nSPS) is 19.0. The Bertz CT molecular complexity index is 4300. The van der Waals surface area contributed by atoms with Gasteiger partial charge in [0, 0.05) is 99.4 Å². The fourth-order valence-corrected chi connectivity index (χ4v) is 11.7. The highest BCUT2D eigenvalue weighted by Gasteiger charge is 2.37. The van der Waals surface area contributed by atoms with Crippen LogP contribution in [0.15, 0.2) is 66.5 Å². The van der Waals surface area contributed by atoms with Gasteiger partial charge in [-0.3, -0.25) is 81.6 Å². The molecule has 1 aliphatic rings. The van der Waals surface area contributed by atoms with E-state index in [0.29, 0.717) is 42.2 Å². The molecule has 2 bridgehead atoms. The van der Waals surface area contributed by atoms with Crippen LogP contribution in [0.2, 0.25) is 0 Å². The van der Waals surface area contributed by atoms with Crippen molar-refractivity contribution in [3.63, 3.8) is 0 Å². The highest BCUT2D eigenvalue weighted by atomic mass is 16.6.